The zero-order chi connectivity index (χ0) is 14.9. The second-order valence-corrected chi connectivity index (χ2v) is 6.75. The topological polar surface area (TPSA) is 58.9 Å². The molecule has 5 nitrogen and oxygen atoms in total. The number of nitrogens with one attached hydrogen (secondary N) is 1. The molecule has 0 aliphatic heterocycles. The molecule has 7 heteroatoms. The Hall–Kier alpha value is -2.12. The maximum atomic E-state index is 4.62. The maximum Gasteiger partial charge on any atom is 0.209 e. The van der Waals surface area contributed by atoms with Crippen LogP contribution in [0.1, 0.15) is 11.4 Å². The van der Waals surface area contributed by atoms with Gasteiger partial charge in [-0.2, -0.15) is 0 Å². The summed E-state index contributed by atoms with van der Waals surface area (Å²) in [7, 11) is 0. The standard InChI is InChI=1S/C15H13N5S2/c1-10-4-2-6-13-16-11(8-20(10)13)9-22-15-17-14(18-19-15)12-5-3-7-21-12/h2-8H,9H2,1H3,(H,17,18,19). The summed E-state index contributed by atoms with van der Waals surface area (Å²) in [6.07, 6.45) is 2.07. The Labute approximate surface area is 135 Å². The van der Waals surface area contributed by atoms with Gasteiger partial charge in [0.05, 0.1) is 10.6 Å². The van der Waals surface area contributed by atoms with Crippen molar-refractivity contribution in [3.05, 3.63) is 53.3 Å². The Bertz CT molecular complexity index is 907. The van der Waals surface area contributed by atoms with Crippen LogP contribution in [0.3, 0.4) is 0 Å². The van der Waals surface area contributed by atoms with Crippen molar-refractivity contribution in [3.63, 3.8) is 0 Å². The van der Waals surface area contributed by atoms with Crippen molar-refractivity contribution in [1.29, 1.82) is 0 Å². The highest BCUT2D eigenvalue weighted by atomic mass is 32.2. The number of hydrogen-bond acceptors (Lipinski definition) is 5. The summed E-state index contributed by atoms with van der Waals surface area (Å²) in [5, 5.41) is 10.0. The Balaban J connectivity index is 1.51. The fraction of sp³-hybridized carbons (Fsp3) is 0.133. The molecular formula is C15H13N5S2. The molecule has 0 saturated carbocycles. The lowest BCUT2D eigenvalue weighted by Gasteiger charge is -1.95. The first kappa shape index (κ1) is 13.5. The van der Waals surface area contributed by atoms with Crippen LogP contribution in [0.2, 0.25) is 0 Å². The summed E-state index contributed by atoms with van der Waals surface area (Å²) in [6.45, 7) is 2.08. The van der Waals surface area contributed by atoms with Crippen molar-refractivity contribution >= 4 is 28.7 Å². The molecule has 4 heterocycles. The van der Waals surface area contributed by atoms with Crippen LogP contribution in [-0.2, 0) is 5.75 Å². The molecule has 0 unspecified atom stereocenters. The van der Waals surface area contributed by atoms with Crippen molar-refractivity contribution in [2.75, 3.05) is 0 Å². The number of aromatic amines is 1. The number of imidazole rings is 1. The van der Waals surface area contributed by atoms with Gasteiger partial charge in [0.25, 0.3) is 0 Å². The molecule has 1 N–H and O–H groups in total. The molecule has 110 valence electrons. The lowest BCUT2D eigenvalue weighted by molar-refractivity contribution is 0.972. The monoisotopic (exact) mass is 327 g/mol. The second kappa shape index (κ2) is 5.58. The summed E-state index contributed by atoms with van der Waals surface area (Å²) >= 11 is 3.24. The predicted octanol–water partition coefficient (Wildman–Crippen LogP) is 3.78. The Morgan fingerprint density at radius 2 is 2.18 bits per heavy atom. The predicted molar refractivity (Wildman–Crippen MR) is 89.2 cm³/mol. The van der Waals surface area contributed by atoms with Gasteiger partial charge in [0.1, 0.15) is 5.65 Å². The smallest absolute Gasteiger partial charge is 0.209 e. The molecule has 0 fully saturated rings. The van der Waals surface area contributed by atoms with Crippen molar-refractivity contribution in [1.82, 2.24) is 24.6 Å². The molecule has 0 spiro atoms. The third-order valence-electron chi connectivity index (χ3n) is 3.31. The number of aryl methyl sites for hydroxylation is 1. The van der Waals surface area contributed by atoms with E-state index in [-0.39, 0.29) is 0 Å². The minimum Gasteiger partial charge on any atom is -0.304 e. The van der Waals surface area contributed by atoms with Crippen LogP contribution in [0.5, 0.6) is 0 Å². The van der Waals surface area contributed by atoms with Crippen molar-refractivity contribution < 1.29 is 0 Å². The average Bonchev–Trinajstić information content (AvgIpc) is 3.25. The average molecular weight is 327 g/mol. The number of H-pyrrole nitrogens is 1. The molecule has 0 atom stereocenters. The van der Waals surface area contributed by atoms with Gasteiger partial charge < -0.3 is 4.40 Å². The summed E-state index contributed by atoms with van der Waals surface area (Å²) in [5.74, 6) is 1.58. The van der Waals surface area contributed by atoms with Crippen LogP contribution < -0.4 is 0 Å². The molecule has 0 aromatic carbocycles. The van der Waals surface area contributed by atoms with E-state index in [0.717, 1.165) is 33.0 Å². The van der Waals surface area contributed by atoms with E-state index in [1.54, 1.807) is 23.1 Å². The summed E-state index contributed by atoms with van der Waals surface area (Å²) < 4.78 is 2.10. The highest BCUT2D eigenvalue weighted by Gasteiger charge is 2.09. The molecule has 0 radical (unpaired) electrons. The normalized spacial score (nSPS) is 11.3. The van der Waals surface area contributed by atoms with Crippen LogP contribution in [0, 0.1) is 6.92 Å². The third kappa shape index (κ3) is 2.53. The molecule has 0 aliphatic carbocycles. The number of nitrogens with zero attached hydrogens (tertiary/aromatic N) is 4. The summed E-state index contributed by atoms with van der Waals surface area (Å²) in [6, 6.07) is 10.2. The van der Waals surface area contributed by atoms with Gasteiger partial charge in [-0.1, -0.05) is 23.9 Å². The van der Waals surface area contributed by atoms with E-state index in [1.165, 1.54) is 5.69 Å². The van der Waals surface area contributed by atoms with Crippen molar-refractivity contribution in [3.8, 4) is 10.7 Å². The van der Waals surface area contributed by atoms with Crippen LogP contribution in [0.25, 0.3) is 16.3 Å². The molecular weight excluding hydrogens is 314 g/mol. The van der Waals surface area contributed by atoms with Crippen LogP contribution in [0.4, 0.5) is 0 Å². The van der Waals surface area contributed by atoms with Crippen LogP contribution in [0.15, 0.2) is 47.1 Å². The summed E-state index contributed by atoms with van der Waals surface area (Å²) in [5.41, 5.74) is 3.19. The minimum atomic E-state index is 0.747. The fourth-order valence-corrected chi connectivity index (χ4v) is 3.59. The number of aromatic nitrogens is 5. The molecule has 0 aliphatic rings. The van der Waals surface area contributed by atoms with E-state index in [4.69, 9.17) is 0 Å². The quantitative estimate of drug-likeness (QED) is 0.580. The summed E-state index contributed by atoms with van der Waals surface area (Å²) in [4.78, 5) is 10.2. The van der Waals surface area contributed by atoms with Crippen molar-refractivity contribution in [2.45, 2.75) is 17.8 Å². The third-order valence-corrected chi connectivity index (χ3v) is 5.07. The SMILES string of the molecule is Cc1cccc2nc(CSc3n[nH]c(-c4cccs4)n3)cn12. The van der Waals surface area contributed by atoms with Gasteiger partial charge in [-0.05, 0) is 30.5 Å². The van der Waals surface area contributed by atoms with Gasteiger partial charge in [0, 0.05) is 17.6 Å². The molecule has 0 amide bonds. The van der Waals surface area contributed by atoms with Gasteiger partial charge in [0.2, 0.25) is 5.16 Å². The fourth-order valence-electron chi connectivity index (χ4n) is 2.24. The highest BCUT2D eigenvalue weighted by Crippen LogP contribution is 2.25. The van der Waals surface area contributed by atoms with E-state index in [9.17, 15) is 0 Å². The molecule has 4 aromatic rings. The number of rotatable bonds is 4. The van der Waals surface area contributed by atoms with Gasteiger partial charge in [-0.3, -0.25) is 5.10 Å². The number of hydrogen-bond donors (Lipinski definition) is 1. The van der Waals surface area contributed by atoms with E-state index in [1.807, 2.05) is 29.6 Å². The van der Waals surface area contributed by atoms with E-state index in [2.05, 4.69) is 43.8 Å². The first-order chi connectivity index (χ1) is 10.8. The molecule has 0 saturated heterocycles. The van der Waals surface area contributed by atoms with Crippen LogP contribution in [-0.4, -0.2) is 24.6 Å². The highest BCUT2D eigenvalue weighted by molar-refractivity contribution is 7.98. The molecule has 4 aromatic heterocycles. The first-order valence-corrected chi connectivity index (χ1v) is 8.69. The molecule has 0 bridgehead atoms. The zero-order valence-electron chi connectivity index (χ0n) is 11.9. The zero-order valence-corrected chi connectivity index (χ0v) is 13.5. The number of fused-ring (bicyclic) bond motifs is 1. The maximum absolute atomic E-state index is 4.62. The second-order valence-electron chi connectivity index (χ2n) is 4.86. The lowest BCUT2D eigenvalue weighted by atomic mass is 10.4. The number of thioether (sulfide) groups is 1. The Morgan fingerprint density at radius 3 is 3.00 bits per heavy atom. The number of pyridine rings is 1. The van der Waals surface area contributed by atoms with Gasteiger partial charge in [0.15, 0.2) is 5.82 Å². The Morgan fingerprint density at radius 1 is 1.23 bits per heavy atom. The van der Waals surface area contributed by atoms with Gasteiger partial charge >= 0.3 is 0 Å². The van der Waals surface area contributed by atoms with Crippen molar-refractivity contribution in [2.24, 2.45) is 0 Å². The van der Waals surface area contributed by atoms with Gasteiger partial charge in [-0.15, -0.1) is 16.4 Å². The minimum absolute atomic E-state index is 0.747. The van der Waals surface area contributed by atoms with Gasteiger partial charge in [-0.25, -0.2) is 9.97 Å². The van der Waals surface area contributed by atoms with Crippen LogP contribution >= 0.6 is 23.1 Å². The molecule has 4 rings (SSSR count). The van der Waals surface area contributed by atoms with E-state index in [0.29, 0.717) is 0 Å². The largest absolute Gasteiger partial charge is 0.304 e. The number of thiophene rings is 1. The Kier molecular flexibility index (Phi) is 3.44. The van der Waals surface area contributed by atoms with E-state index < -0.39 is 0 Å². The molecule has 22 heavy (non-hydrogen) atoms. The lowest BCUT2D eigenvalue weighted by Crippen LogP contribution is -1.86. The first-order valence-electron chi connectivity index (χ1n) is 6.82. The van der Waals surface area contributed by atoms with E-state index >= 15 is 0 Å².